The van der Waals surface area contributed by atoms with Gasteiger partial charge in [0.05, 0.1) is 18.8 Å². The van der Waals surface area contributed by atoms with E-state index < -0.39 is 121 Å². The smallest absolute Gasteiger partial charge is 0.326 e. The van der Waals surface area contributed by atoms with E-state index in [1.54, 1.807) is 6.26 Å². The van der Waals surface area contributed by atoms with Crippen LogP contribution in [0.3, 0.4) is 0 Å². The van der Waals surface area contributed by atoms with Crippen LogP contribution in [0, 0.1) is 5.92 Å². The molecule has 0 unspecified atom stereocenters. The van der Waals surface area contributed by atoms with E-state index in [-0.39, 0.29) is 57.5 Å². The fraction of sp³-hybridized carbons (Fsp3) is 0.775. The van der Waals surface area contributed by atoms with Gasteiger partial charge in [-0.05, 0) is 109 Å². The minimum Gasteiger partial charge on any atom is -0.481 e. The quantitative estimate of drug-likeness (QED) is 0.0292. The average Bonchev–Trinajstić information content (AvgIpc) is 3.73. The monoisotopic (exact) mass is 933 g/mol. The van der Waals surface area contributed by atoms with Crippen LogP contribution in [0.25, 0.3) is 0 Å². The van der Waals surface area contributed by atoms with Crippen molar-refractivity contribution in [2.45, 2.75) is 152 Å². The Balaban J connectivity index is 3.24. The zero-order chi connectivity index (χ0) is 48.5. The fourth-order valence-electron chi connectivity index (χ4n) is 6.85. The van der Waals surface area contributed by atoms with E-state index in [2.05, 4.69) is 31.9 Å². The van der Waals surface area contributed by atoms with Crippen molar-refractivity contribution in [1.29, 1.82) is 0 Å². The molecule has 1 saturated heterocycles. The van der Waals surface area contributed by atoms with Crippen LogP contribution >= 0.6 is 11.8 Å². The lowest BCUT2D eigenvalue weighted by molar-refractivity contribution is -0.145. The van der Waals surface area contributed by atoms with Gasteiger partial charge < -0.3 is 74.4 Å². The number of carbonyl (C=O) groups is 9. The Bertz CT molecular complexity index is 1560. The summed E-state index contributed by atoms with van der Waals surface area (Å²) >= 11 is 1.40. The average molecular weight is 933 g/mol. The summed E-state index contributed by atoms with van der Waals surface area (Å²) in [5.74, 6) is -8.05. The summed E-state index contributed by atoms with van der Waals surface area (Å²) in [7, 11) is 0. The summed E-state index contributed by atoms with van der Waals surface area (Å²) in [6.07, 6.45) is 2.25. The van der Waals surface area contributed by atoms with Crippen LogP contribution in [-0.4, -0.2) is 171 Å². The van der Waals surface area contributed by atoms with Crippen LogP contribution in [0.15, 0.2) is 0 Å². The van der Waals surface area contributed by atoms with Crippen LogP contribution in [0.4, 0.5) is 0 Å². The van der Waals surface area contributed by atoms with Crippen LogP contribution in [0.5, 0.6) is 0 Å². The first-order valence-corrected chi connectivity index (χ1v) is 23.1. The number of nitrogens with one attached hydrogen (secondary N) is 6. The molecule has 64 heavy (non-hydrogen) atoms. The molecule has 24 heteroatoms. The Kier molecular flexibility index (Phi) is 27.4. The number of carboxylic acids is 2. The number of likely N-dealkylation sites (tertiary alicyclic amines) is 1. The number of rotatable bonds is 32. The first kappa shape index (κ1) is 57.4. The number of hydrogen-bond donors (Lipinski definition) is 13. The number of nitrogens with zero attached hydrogens (tertiary/aromatic N) is 1. The number of carbonyl (C=O) groups excluding carboxylic acids is 7. The molecule has 1 heterocycles. The van der Waals surface area contributed by atoms with Gasteiger partial charge in [-0.25, -0.2) is 4.79 Å². The number of amides is 7. The van der Waals surface area contributed by atoms with Gasteiger partial charge in [0.25, 0.3) is 0 Å². The molecule has 1 aliphatic rings. The molecule has 0 saturated carbocycles. The first-order valence-electron chi connectivity index (χ1n) is 21.7. The SMILES string of the molecule is CSCC[C@H](NC(=O)[C@H](CCCCN)NC(=O)[C@@H]1CCCN1C(=O)[C@@H](NC(=O)[C@H](CO)NC(=O)[C@H](CCC(=O)O)NC(=O)[C@@H](N)CC(C)C)[C@@H](C)O)C(=O)N[C@@H](CCCCN)C(=O)O. The predicted octanol–water partition coefficient (Wildman–Crippen LogP) is -3.41. The first-order chi connectivity index (χ1) is 30.2. The highest BCUT2D eigenvalue weighted by Gasteiger charge is 2.41. The topological polar surface area (TPSA) is 388 Å². The summed E-state index contributed by atoms with van der Waals surface area (Å²) < 4.78 is 0. The molecule has 16 N–H and O–H groups in total. The maximum Gasteiger partial charge on any atom is 0.326 e. The van der Waals surface area contributed by atoms with E-state index in [0.717, 1.165) is 4.90 Å². The highest BCUT2D eigenvalue weighted by atomic mass is 32.2. The van der Waals surface area contributed by atoms with Crippen LogP contribution in [-0.2, 0) is 43.2 Å². The molecule has 0 bridgehead atoms. The number of thioether (sulfide) groups is 1. The molecular formula is C40H72N10O13S. The van der Waals surface area contributed by atoms with Gasteiger partial charge >= 0.3 is 11.9 Å². The van der Waals surface area contributed by atoms with Gasteiger partial charge in [-0.3, -0.25) is 38.4 Å². The zero-order valence-corrected chi connectivity index (χ0v) is 38.2. The van der Waals surface area contributed by atoms with Gasteiger partial charge in [0.1, 0.15) is 42.3 Å². The van der Waals surface area contributed by atoms with Crippen molar-refractivity contribution in [2.24, 2.45) is 23.1 Å². The highest BCUT2D eigenvalue weighted by molar-refractivity contribution is 7.98. The number of carboxylic acid groups (broad SMARTS) is 2. The van der Waals surface area contributed by atoms with Crippen LogP contribution in [0.2, 0.25) is 0 Å². The van der Waals surface area contributed by atoms with E-state index in [4.69, 9.17) is 17.2 Å². The molecule has 0 aromatic rings. The lowest BCUT2D eigenvalue weighted by Crippen LogP contribution is -2.62. The molecule has 1 aliphatic heterocycles. The van der Waals surface area contributed by atoms with Gasteiger partial charge in [0.2, 0.25) is 41.4 Å². The number of aliphatic hydroxyl groups excluding tert-OH is 2. The highest BCUT2D eigenvalue weighted by Crippen LogP contribution is 2.20. The van der Waals surface area contributed by atoms with Crippen molar-refractivity contribution in [3.63, 3.8) is 0 Å². The zero-order valence-electron chi connectivity index (χ0n) is 37.3. The molecule has 0 spiro atoms. The third-order valence-electron chi connectivity index (χ3n) is 10.4. The standard InChI is InChI=1S/C40H72N10O13S/c1-22(2)20-24(43)33(55)44-26(13-14-31(53)54)35(57)48-29(21-51)37(59)49-32(23(3)52)39(61)50-18-9-12-30(50)38(60)46-25(10-5-7-16-41)34(56)45-27(15-19-64-4)36(58)47-28(40(62)63)11-6-8-17-42/h22-30,32,51-52H,5-21,41-43H2,1-4H3,(H,44,55)(H,45,56)(H,46,60)(H,47,58)(H,48,57)(H,49,59)(H,53,54)(H,62,63)/t23-,24+,25+,26+,27+,28+,29+,30+,32+/m1/s1. The fourth-order valence-corrected chi connectivity index (χ4v) is 7.32. The molecule has 9 atom stereocenters. The van der Waals surface area contributed by atoms with Crippen molar-refractivity contribution in [3.05, 3.63) is 0 Å². The van der Waals surface area contributed by atoms with E-state index >= 15 is 0 Å². The molecular weight excluding hydrogens is 861 g/mol. The summed E-state index contributed by atoms with van der Waals surface area (Å²) in [5, 5.41) is 54.4. The minimum atomic E-state index is -1.74. The summed E-state index contributed by atoms with van der Waals surface area (Å²) in [4.78, 5) is 119. The van der Waals surface area contributed by atoms with E-state index in [1.807, 2.05) is 13.8 Å². The summed E-state index contributed by atoms with van der Waals surface area (Å²) in [6.45, 7) is 4.47. The van der Waals surface area contributed by atoms with Crippen LogP contribution in [0.1, 0.15) is 97.8 Å². The molecule has 0 aromatic carbocycles. The third-order valence-corrected chi connectivity index (χ3v) is 11.1. The van der Waals surface area contributed by atoms with E-state index in [1.165, 1.54) is 18.7 Å². The van der Waals surface area contributed by atoms with Gasteiger partial charge in [0, 0.05) is 13.0 Å². The Morgan fingerprint density at radius 1 is 0.688 bits per heavy atom. The summed E-state index contributed by atoms with van der Waals surface area (Å²) in [5.41, 5.74) is 17.1. The lowest BCUT2D eigenvalue weighted by Gasteiger charge is -2.32. The predicted molar refractivity (Wildman–Crippen MR) is 236 cm³/mol. The van der Waals surface area contributed by atoms with E-state index in [0.29, 0.717) is 44.4 Å². The Hall–Kier alpha value is -4.62. The van der Waals surface area contributed by atoms with Gasteiger partial charge in [-0.15, -0.1) is 0 Å². The Morgan fingerprint density at radius 3 is 1.69 bits per heavy atom. The molecule has 7 amide bonds. The number of hydrogen-bond acceptors (Lipinski definition) is 15. The third kappa shape index (κ3) is 20.5. The van der Waals surface area contributed by atoms with Crippen molar-refractivity contribution < 1.29 is 63.6 Å². The van der Waals surface area contributed by atoms with Crippen molar-refractivity contribution >= 4 is 65.1 Å². The molecule has 1 fully saturated rings. The number of aliphatic carboxylic acids is 2. The second-order valence-corrected chi connectivity index (χ2v) is 17.2. The van der Waals surface area contributed by atoms with Gasteiger partial charge in [0.15, 0.2) is 0 Å². The Morgan fingerprint density at radius 2 is 1.19 bits per heavy atom. The number of aliphatic hydroxyl groups is 2. The number of nitrogens with two attached hydrogens (primary N) is 3. The lowest BCUT2D eigenvalue weighted by atomic mass is 10.0. The molecule has 0 aromatic heterocycles. The molecule has 0 aliphatic carbocycles. The Labute approximate surface area is 378 Å². The maximum atomic E-state index is 14.0. The van der Waals surface area contributed by atoms with Gasteiger partial charge in [-0.1, -0.05) is 13.8 Å². The van der Waals surface area contributed by atoms with Gasteiger partial charge in [-0.2, -0.15) is 11.8 Å². The van der Waals surface area contributed by atoms with E-state index in [9.17, 15) is 63.6 Å². The minimum absolute atomic E-state index is 0.0110. The van der Waals surface area contributed by atoms with Crippen molar-refractivity contribution in [1.82, 2.24) is 36.8 Å². The molecule has 23 nitrogen and oxygen atoms in total. The van der Waals surface area contributed by atoms with Crippen molar-refractivity contribution in [2.75, 3.05) is 38.2 Å². The van der Waals surface area contributed by atoms with Crippen molar-refractivity contribution in [3.8, 4) is 0 Å². The number of unbranched alkanes of at least 4 members (excludes halogenated alkanes) is 2. The maximum absolute atomic E-state index is 14.0. The second-order valence-electron chi connectivity index (χ2n) is 16.3. The van der Waals surface area contributed by atoms with Crippen LogP contribution < -0.4 is 49.1 Å². The molecule has 0 radical (unpaired) electrons. The summed E-state index contributed by atoms with van der Waals surface area (Å²) in [6, 6.07) is -10.7. The second kappa shape index (κ2) is 30.5. The molecule has 1 rings (SSSR count). The largest absolute Gasteiger partial charge is 0.481 e. The normalized spacial score (nSPS) is 17.4. The molecule has 366 valence electrons.